The van der Waals surface area contributed by atoms with Crippen molar-refractivity contribution < 1.29 is 13.2 Å². The molecule has 0 aromatic heterocycles. The summed E-state index contributed by atoms with van der Waals surface area (Å²) in [5.74, 6) is 0.209. The van der Waals surface area contributed by atoms with Gasteiger partial charge in [-0.25, -0.2) is 12.7 Å². The minimum absolute atomic E-state index is 0.209. The van der Waals surface area contributed by atoms with Crippen molar-refractivity contribution in [2.75, 3.05) is 59.2 Å². The van der Waals surface area contributed by atoms with Gasteiger partial charge in [0.15, 0.2) is 0 Å². The molecule has 0 aromatic carbocycles. The van der Waals surface area contributed by atoms with Crippen LogP contribution in [0.25, 0.3) is 0 Å². The van der Waals surface area contributed by atoms with Gasteiger partial charge < -0.3 is 4.74 Å². The van der Waals surface area contributed by atoms with Crippen LogP contribution in [0.4, 0.5) is 0 Å². The van der Waals surface area contributed by atoms with E-state index in [1.165, 1.54) is 4.31 Å². The Bertz CT molecular complexity index is 407. The lowest BCUT2D eigenvalue weighted by molar-refractivity contribution is 0.0105. The lowest BCUT2D eigenvalue weighted by Gasteiger charge is -2.35. The molecule has 2 aliphatic rings. The third-order valence-electron chi connectivity index (χ3n) is 4.55. The Morgan fingerprint density at radius 1 is 1.20 bits per heavy atom. The molecule has 7 heteroatoms. The summed E-state index contributed by atoms with van der Waals surface area (Å²) < 4.78 is 30.4. The minimum atomic E-state index is -3.09. The maximum Gasteiger partial charge on any atom is 0.214 e. The second kappa shape index (κ2) is 6.70. The van der Waals surface area contributed by atoms with Crippen molar-refractivity contribution in [3.63, 3.8) is 0 Å². The van der Waals surface area contributed by atoms with Crippen molar-refractivity contribution >= 4 is 10.0 Å². The van der Waals surface area contributed by atoms with Crippen LogP contribution < -0.4 is 0 Å². The van der Waals surface area contributed by atoms with Gasteiger partial charge in [-0.1, -0.05) is 0 Å². The molecule has 2 aliphatic heterocycles. The average Bonchev–Trinajstić information content (AvgIpc) is 2.79. The first kappa shape index (κ1) is 16.2. The molecule has 0 aliphatic carbocycles. The highest BCUT2D eigenvalue weighted by molar-refractivity contribution is 7.89. The van der Waals surface area contributed by atoms with Crippen molar-refractivity contribution in [2.24, 2.45) is 0 Å². The number of ether oxygens (including phenoxy) is 1. The first-order valence-electron chi connectivity index (χ1n) is 7.38. The van der Waals surface area contributed by atoms with Gasteiger partial charge in [0.25, 0.3) is 0 Å². The van der Waals surface area contributed by atoms with E-state index in [1.807, 2.05) is 0 Å². The van der Waals surface area contributed by atoms with Crippen molar-refractivity contribution in [2.45, 2.75) is 25.4 Å². The Kier molecular flexibility index (Phi) is 5.42. The number of sulfonamides is 1. The van der Waals surface area contributed by atoms with Gasteiger partial charge in [-0.3, -0.25) is 9.80 Å². The molecule has 0 aromatic rings. The van der Waals surface area contributed by atoms with Gasteiger partial charge in [0.1, 0.15) is 0 Å². The smallest absolute Gasteiger partial charge is 0.214 e. The van der Waals surface area contributed by atoms with Crippen LogP contribution >= 0.6 is 0 Å². The van der Waals surface area contributed by atoms with E-state index in [9.17, 15) is 8.42 Å². The Hall–Kier alpha value is -0.210. The van der Waals surface area contributed by atoms with E-state index >= 15 is 0 Å². The SMILES string of the molecule is C[C@@H]1[C@H](N2CCOCC2)CCN1CCS(=O)(=O)N(C)C. The molecule has 0 N–H and O–H groups in total. The first-order chi connectivity index (χ1) is 9.42. The van der Waals surface area contributed by atoms with Crippen LogP contribution in [0.1, 0.15) is 13.3 Å². The van der Waals surface area contributed by atoms with E-state index in [0.717, 1.165) is 39.3 Å². The van der Waals surface area contributed by atoms with Crippen molar-refractivity contribution in [1.29, 1.82) is 0 Å². The standard InChI is InChI=1S/C13H27N3O3S/c1-12-13(16-6-9-19-10-7-16)4-5-15(12)8-11-20(17,18)14(2)3/h12-13H,4-11H2,1-3H3/t12-,13-/m1/s1. The molecule has 0 radical (unpaired) electrons. The van der Waals surface area contributed by atoms with Crippen LogP contribution in [0, 0.1) is 0 Å². The molecule has 0 amide bonds. The minimum Gasteiger partial charge on any atom is -0.379 e. The molecule has 0 spiro atoms. The average molecular weight is 305 g/mol. The molecule has 0 unspecified atom stereocenters. The quantitative estimate of drug-likeness (QED) is 0.696. The molecule has 2 rings (SSSR count). The topological polar surface area (TPSA) is 53.1 Å². The van der Waals surface area contributed by atoms with Gasteiger partial charge in [-0.15, -0.1) is 0 Å². The summed E-state index contributed by atoms with van der Waals surface area (Å²) in [6.07, 6.45) is 1.13. The predicted molar refractivity (Wildman–Crippen MR) is 79.3 cm³/mol. The molecule has 2 saturated heterocycles. The number of likely N-dealkylation sites (tertiary alicyclic amines) is 1. The number of nitrogens with zero attached hydrogens (tertiary/aromatic N) is 3. The van der Waals surface area contributed by atoms with Crippen LogP contribution in [0.15, 0.2) is 0 Å². The summed E-state index contributed by atoms with van der Waals surface area (Å²) in [5.41, 5.74) is 0. The summed E-state index contributed by atoms with van der Waals surface area (Å²) in [5, 5.41) is 0. The highest BCUT2D eigenvalue weighted by Crippen LogP contribution is 2.23. The molecular formula is C13H27N3O3S. The maximum absolute atomic E-state index is 11.8. The molecule has 2 heterocycles. The second-order valence-electron chi connectivity index (χ2n) is 5.88. The Morgan fingerprint density at radius 2 is 1.85 bits per heavy atom. The predicted octanol–water partition coefficient (Wildman–Crippen LogP) is -0.327. The fraction of sp³-hybridized carbons (Fsp3) is 1.00. The summed E-state index contributed by atoms with van der Waals surface area (Å²) >= 11 is 0. The number of rotatable bonds is 5. The van der Waals surface area contributed by atoms with Crippen LogP contribution in [-0.2, 0) is 14.8 Å². The van der Waals surface area contributed by atoms with Crippen LogP contribution in [0.3, 0.4) is 0 Å². The van der Waals surface area contributed by atoms with E-state index in [1.54, 1.807) is 14.1 Å². The fourth-order valence-electron chi connectivity index (χ4n) is 3.11. The second-order valence-corrected chi connectivity index (χ2v) is 8.18. The van der Waals surface area contributed by atoms with Gasteiger partial charge >= 0.3 is 0 Å². The largest absolute Gasteiger partial charge is 0.379 e. The summed E-state index contributed by atoms with van der Waals surface area (Å²) in [6.45, 7) is 7.47. The van der Waals surface area contributed by atoms with E-state index in [2.05, 4.69) is 16.7 Å². The highest BCUT2D eigenvalue weighted by Gasteiger charge is 2.35. The molecular weight excluding hydrogens is 278 g/mol. The molecule has 2 atom stereocenters. The number of hydrogen-bond donors (Lipinski definition) is 0. The molecule has 0 bridgehead atoms. The van der Waals surface area contributed by atoms with Gasteiger partial charge in [-0.2, -0.15) is 0 Å². The Morgan fingerprint density at radius 3 is 2.45 bits per heavy atom. The maximum atomic E-state index is 11.8. The number of hydrogen-bond acceptors (Lipinski definition) is 5. The Balaban J connectivity index is 1.86. The first-order valence-corrected chi connectivity index (χ1v) is 8.99. The molecule has 0 saturated carbocycles. The van der Waals surface area contributed by atoms with Crippen molar-refractivity contribution in [1.82, 2.24) is 14.1 Å². The normalized spacial score (nSPS) is 30.2. The summed E-state index contributed by atoms with van der Waals surface area (Å²) in [6, 6.07) is 0.964. The van der Waals surface area contributed by atoms with E-state index in [-0.39, 0.29) is 5.75 Å². The molecule has 6 nitrogen and oxygen atoms in total. The lowest BCUT2D eigenvalue weighted by Crippen LogP contribution is -2.49. The number of morpholine rings is 1. The molecule has 2 fully saturated rings. The molecule has 20 heavy (non-hydrogen) atoms. The van der Waals surface area contributed by atoms with Crippen LogP contribution in [0.2, 0.25) is 0 Å². The van der Waals surface area contributed by atoms with E-state index in [4.69, 9.17) is 4.74 Å². The van der Waals surface area contributed by atoms with E-state index < -0.39 is 10.0 Å². The molecule has 118 valence electrons. The summed E-state index contributed by atoms with van der Waals surface area (Å²) in [7, 11) is 0.0996. The van der Waals surface area contributed by atoms with Crippen LogP contribution in [-0.4, -0.2) is 93.8 Å². The van der Waals surface area contributed by atoms with Crippen molar-refractivity contribution in [3.05, 3.63) is 0 Å². The summed E-state index contributed by atoms with van der Waals surface area (Å²) in [4.78, 5) is 4.80. The third-order valence-corrected chi connectivity index (χ3v) is 6.36. The fourth-order valence-corrected chi connectivity index (χ4v) is 3.94. The van der Waals surface area contributed by atoms with Gasteiger partial charge in [-0.05, 0) is 13.3 Å². The lowest BCUT2D eigenvalue weighted by atomic mass is 10.1. The third kappa shape index (κ3) is 3.71. The zero-order valence-corrected chi connectivity index (χ0v) is 13.6. The van der Waals surface area contributed by atoms with E-state index in [0.29, 0.717) is 18.6 Å². The Labute approximate surface area is 122 Å². The van der Waals surface area contributed by atoms with Crippen LogP contribution in [0.5, 0.6) is 0 Å². The monoisotopic (exact) mass is 305 g/mol. The zero-order valence-electron chi connectivity index (χ0n) is 12.8. The highest BCUT2D eigenvalue weighted by atomic mass is 32.2. The van der Waals surface area contributed by atoms with Crippen molar-refractivity contribution in [3.8, 4) is 0 Å². The van der Waals surface area contributed by atoms with Gasteiger partial charge in [0.05, 0.1) is 19.0 Å². The van der Waals surface area contributed by atoms with Gasteiger partial charge in [0, 0.05) is 52.4 Å². The zero-order chi connectivity index (χ0) is 14.8. The van der Waals surface area contributed by atoms with Gasteiger partial charge in [0.2, 0.25) is 10.0 Å².